The normalized spacial score (nSPS) is 10.7. The number of fused-ring (bicyclic) bond motifs is 1. The Bertz CT molecular complexity index is 575. The summed E-state index contributed by atoms with van der Waals surface area (Å²) in [5.74, 6) is -0.149. The molecule has 2 rings (SSSR count). The van der Waals surface area contributed by atoms with E-state index in [1.807, 2.05) is 12.1 Å². The smallest absolute Gasteiger partial charge is 0.305 e. The Hall–Kier alpha value is -1.97. The fraction of sp³-hybridized carbons (Fsp3) is 0.400. The second-order valence-corrected chi connectivity index (χ2v) is 4.75. The third-order valence-electron chi connectivity index (χ3n) is 3.34. The van der Waals surface area contributed by atoms with Gasteiger partial charge in [0.1, 0.15) is 0 Å². The molecule has 0 saturated heterocycles. The van der Waals surface area contributed by atoms with Gasteiger partial charge in [0.05, 0.1) is 12.8 Å². The Morgan fingerprint density at radius 1 is 1.37 bits per heavy atom. The van der Waals surface area contributed by atoms with E-state index in [0.29, 0.717) is 6.42 Å². The Morgan fingerprint density at radius 3 is 2.84 bits per heavy atom. The molecule has 0 fully saturated rings. The summed E-state index contributed by atoms with van der Waals surface area (Å²) < 4.78 is 4.65. The number of aromatic amines is 1. The van der Waals surface area contributed by atoms with Crippen molar-refractivity contribution in [2.75, 3.05) is 25.6 Å². The number of esters is 1. The molecule has 4 heteroatoms. The summed E-state index contributed by atoms with van der Waals surface area (Å²) in [4.78, 5) is 16.7. The number of nitrogens with zero attached hydrogens (tertiary/aromatic N) is 1. The van der Waals surface area contributed by atoms with Crippen LogP contribution in [0.1, 0.15) is 18.5 Å². The number of H-pyrrole nitrogens is 1. The molecular formula is C15H20N2O2. The lowest BCUT2D eigenvalue weighted by molar-refractivity contribution is -0.140. The number of rotatable bonds is 5. The summed E-state index contributed by atoms with van der Waals surface area (Å²) in [6.45, 7) is 2.91. The summed E-state index contributed by atoms with van der Waals surface area (Å²) in [5.41, 5.74) is 3.51. The highest BCUT2D eigenvalue weighted by Gasteiger charge is 2.12. The Labute approximate surface area is 113 Å². The van der Waals surface area contributed by atoms with Crippen LogP contribution in [-0.4, -0.2) is 31.7 Å². The Balaban J connectivity index is 2.10. The summed E-state index contributed by atoms with van der Waals surface area (Å²) in [5, 5.41) is 1.22. The van der Waals surface area contributed by atoms with Gasteiger partial charge in [0.2, 0.25) is 0 Å². The van der Waals surface area contributed by atoms with Crippen LogP contribution in [0.5, 0.6) is 0 Å². The molecule has 19 heavy (non-hydrogen) atoms. The molecule has 1 N–H and O–H groups in total. The van der Waals surface area contributed by atoms with E-state index >= 15 is 0 Å². The van der Waals surface area contributed by atoms with E-state index in [1.165, 1.54) is 18.2 Å². The van der Waals surface area contributed by atoms with Crippen molar-refractivity contribution in [2.24, 2.45) is 0 Å². The molecule has 1 aromatic heterocycles. The number of aryl methyl sites for hydroxylation is 1. The van der Waals surface area contributed by atoms with Crippen molar-refractivity contribution in [3.05, 3.63) is 30.0 Å². The number of ether oxygens (including phenoxy) is 1. The van der Waals surface area contributed by atoms with Crippen LogP contribution in [0.25, 0.3) is 10.9 Å². The van der Waals surface area contributed by atoms with Crippen LogP contribution in [0.15, 0.2) is 24.3 Å². The molecule has 0 aliphatic carbocycles. The summed E-state index contributed by atoms with van der Waals surface area (Å²) >= 11 is 0. The number of anilines is 1. The van der Waals surface area contributed by atoms with Crippen molar-refractivity contribution in [1.29, 1.82) is 0 Å². The number of carbonyl (C=O) groups is 1. The second-order valence-electron chi connectivity index (χ2n) is 4.75. The number of aromatic nitrogens is 1. The largest absolute Gasteiger partial charge is 0.469 e. The molecule has 0 spiro atoms. The Morgan fingerprint density at radius 2 is 2.11 bits per heavy atom. The number of methoxy groups -OCH3 is 1. The molecule has 0 bridgehead atoms. The monoisotopic (exact) mass is 260 g/mol. The first-order valence-electron chi connectivity index (χ1n) is 6.48. The van der Waals surface area contributed by atoms with Gasteiger partial charge in [0.25, 0.3) is 0 Å². The highest BCUT2D eigenvalue weighted by atomic mass is 16.5. The van der Waals surface area contributed by atoms with Crippen LogP contribution in [0.3, 0.4) is 0 Å². The van der Waals surface area contributed by atoms with Crippen LogP contribution in [-0.2, 0) is 9.53 Å². The van der Waals surface area contributed by atoms with E-state index in [2.05, 4.69) is 40.7 Å². The van der Waals surface area contributed by atoms with E-state index in [-0.39, 0.29) is 5.97 Å². The average molecular weight is 260 g/mol. The molecule has 2 aromatic rings. The standard InChI is InChI=1S/C15H20N2O2/c1-11-15(12-7-4-5-8-13(12)16-11)17(2)10-6-9-14(18)19-3/h4-5,7-8,16H,6,9-10H2,1-3H3. The number of nitrogens with one attached hydrogen (secondary N) is 1. The molecule has 0 amide bonds. The van der Waals surface area contributed by atoms with Gasteiger partial charge in [-0.2, -0.15) is 0 Å². The molecule has 0 saturated carbocycles. The van der Waals surface area contributed by atoms with Gasteiger partial charge in [-0.15, -0.1) is 0 Å². The van der Waals surface area contributed by atoms with Gasteiger partial charge in [0, 0.05) is 36.6 Å². The highest BCUT2D eigenvalue weighted by molar-refractivity contribution is 5.94. The zero-order valence-electron chi connectivity index (χ0n) is 11.7. The average Bonchev–Trinajstić information content (AvgIpc) is 2.74. The number of benzene rings is 1. The van der Waals surface area contributed by atoms with Crippen LogP contribution in [0, 0.1) is 6.92 Å². The molecule has 1 aromatic carbocycles. The number of carbonyl (C=O) groups excluding carboxylic acids is 1. The van der Waals surface area contributed by atoms with Crippen molar-refractivity contribution < 1.29 is 9.53 Å². The minimum Gasteiger partial charge on any atom is -0.469 e. The first-order valence-corrected chi connectivity index (χ1v) is 6.48. The molecule has 0 aliphatic heterocycles. The SMILES string of the molecule is COC(=O)CCCN(C)c1c(C)[nH]c2ccccc12. The summed E-state index contributed by atoms with van der Waals surface area (Å²) in [7, 11) is 3.48. The first kappa shape index (κ1) is 13.5. The van der Waals surface area contributed by atoms with Gasteiger partial charge >= 0.3 is 5.97 Å². The summed E-state index contributed by atoms with van der Waals surface area (Å²) in [6, 6.07) is 8.26. The molecular weight excluding hydrogens is 240 g/mol. The van der Waals surface area contributed by atoms with E-state index in [1.54, 1.807) is 0 Å². The van der Waals surface area contributed by atoms with Gasteiger partial charge in [-0.25, -0.2) is 0 Å². The van der Waals surface area contributed by atoms with E-state index in [9.17, 15) is 4.79 Å². The number of hydrogen-bond donors (Lipinski definition) is 1. The maximum Gasteiger partial charge on any atom is 0.305 e. The maximum absolute atomic E-state index is 11.1. The van der Waals surface area contributed by atoms with Crippen molar-refractivity contribution in [3.8, 4) is 0 Å². The number of para-hydroxylation sites is 1. The van der Waals surface area contributed by atoms with Crippen LogP contribution in [0.4, 0.5) is 5.69 Å². The van der Waals surface area contributed by atoms with Gasteiger partial charge in [-0.3, -0.25) is 4.79 Å². The molecule has 1 heterocycles. The lowest BCUT2D eigenvalue weighted by atomic mass is 10.2. The van der Waals surface area contributed by atoms with Crippen molar-refractivity contribution in [1.82, 2.24) is 4.98 Å². The molecule has 4 nitrogen and oxygen atoms in total. The molecule has 0 atom stereocenters. The van der Waals surface area contributed by atoms with Gasteiger partial charge in [-0.1, -0.05) is 18.2 Å². The molecule has 0 aliphatic rings. The second kappa shape index (κ2) is 5.78. The quantitative estimate of drug-likeness (QED) is 0.841. The van der Waals surface area contributed by atoms with Crippen LogP contribution in [0.2, 0.25) is 0 Å². The van der Waals surface area contributed by atoms with E-state index in [4.69, 9.17) is 0 Å². The predicted octanol–water partition coefficient (Wildman–Crippen LogP) is 2.87. The topological polar surface area (TPSA) is 45.3 Å². The highest BCUT2D eigenvalue weighted by Crippen LogP contribution is 2.29. The van der Waals surface area contributed by atoms with Gasteiger partial charge in [0.15, 0.2) is 0 Å². The van der Waals surface area contributed by atoms with Gasteiger partial charge in [-0.05, 0) is 19.4 Å². The third-order valence-corrected chi connectivity index (χ3v) is 3.34. The van der Waals surface area contributed by atoms with Crippen molar-refractivity contribution >= 4 is 22.6 Å². The zero-order chi connectivity index (χ0) is 13.8. The van der Waals surface area contributed by atoms with Crippen LogP contribution < -0.4 is 4.90 Å². The van der Waals surface area contributed by atoms with Gasteiger partial charge < -0.3 is 14.6 Å². The van der Waals surface area contributed by atoms with Crippen molar-refractivity contribution in [3.63, 3.8) is 0 Å². The molecule has 102 valence electrons. The summed E-state index contributed by atoms with van der Waals surface area (Å²) in [6.07, 6.45) is 1.25. The lowest BCUT2D eigenvalue weighted by Crippen LogP contribution is -2.20. The Kier molecular flexibility index (Phi) is 4.10. The molecule has 0 radical (unpaired) electrons. The molecule has 0 unspecified atom stereocenters. The minimum absolute atomic E-state index is 0.149. The lowest BCUT2D eigenvalue weighted by Gasteiger charge is -2.19. The third kappa shape index (κ3) is 2.89. The zero-order valence-corrected chi connectivity index (χ0v) is 11.7. The first-order chi connectivity index (χ1) is 9.13. The van der Waals surface area contributed by atoms with Crippen LogP contribution >= 0.6 is 0 Å². The minimum atomic E-state index is -0.149. The van der Waals surface area contributed by atoms with E-state index < -0.39 is 0 Å². The predicted molar refractivity (Wildman–Crippen MR) is 77.6 cm³/mol. The fourth-order valence-corrected chi connectivity index (χ4v) is 2.43. The fourth-order valence-electron chi connectivity index (χ4n) is 2.43. The van der Waals surface area contributed by atoms with Crippen molar-refractivity contribution in [2.45, 2.75) is 19.8 Å². The van der Waals surface area contributed by atoms with E-state index in [0.717, 1.165) is 24.2 Å². The number of hydrogen-bond acceptors (Lipinski definition) is 3. The maximum atomic E-state index is 11.1.